The van der Waals surface area contributed by atoms with E-state index in [9.17, 15) is 22.0 Å². The third kappa shape index (κ3) is 1.97. The van der Waals surface area contributed by atoms with Crippen molar-refractivity contribution in [3.63, 3.8) is 0 Å². The first-order valence-corrected chi connectivity index (χ1v) is 2.44. The van der Waals surface area contributed by atoms with E-state index in [-0.39, 0.29) is 29.6 Å². The third-order valence-electron chi connectivity index (χ3n) is 0.990. The normalized spacial score (nSPS) is 9.42. The fraction of sp³-hybridized carbons (Fsp3) is 0. The van der Waals surface area contributed by atoms with E-state index < -0.39 is 29.1 Å². The van der Waals surface area contributed by atoms with Crippen LogP contribution in [-0.2, 0) is 0 Å². The van der Waals surface area contributed by atoms with Crippen LogP contribution in [0.1, 0.15) is 0 Å². The van der Waals surface area contributed by atoms with Crippen molar-refractivity contribution in [3.8, 4) is 0 Å². The molecule has 12 heavy (non-hydrogen) atoms. The molecule has 0 heterocycles. The maximum Gasteiger partial charge on any atom is 1.00 e. The molecule has 0 aliphatic heterocycles. The topological polar surface area (TPSA) is 0 Å². The van der Waals surface area contributed by atoms with E-state index in [1.165, 1.54) is 0 Å². The number of rotatable bonds is 0. The van der Waals surface area contributed by atoms with Crippen LogP contribution in [0.5, 0.6) is 0 Å². The largest absolute Gasteiger partial charge is 1.00 e. The summed E-state index contributed by atoms with van der Waals surface area (Å²) in [6.45, 7) is 0. The van der Waals surface area contributed by atoms with Crippen LogP contribution in [0.25, 0.3) is 0 Å². The predicted molar refractivity (Wildman–Crippen MR) is 25.1 cm³/mol. The number of hydrogen-bond acceptors (Lipinski definition) is 0. The van der Waals surface area contributed by atoms with E-state index in [4.69, 9.17) is 0 Å². The average molecular weight is 190 g/mol. The molecule has 0 aromatic heterocycles. The molecule has 0 aliphatic rings. The van der Waals surface area contributed by atoms with Gasteiger partial charge in [-0.2, -0.15) is 0 Å². The van der Waals surface area contributed by atoms with Crippen molar-refractivity contribution in [2.24, 2.45) is 0 Å². The molecule has 60 valence electrons. The fourth-order valence-electron chi connectivity index (χ4n) is 0.495. The summed E-state index contributed by atoms with van der Waals surface area (Å²) in [6, 6.07) is 1.02. The number of benzene rings is 1. The summed E-state index contributed by atoms with van der Waals surface area (Å²) >= 11 is 0. The van der Waals surface area contributed by atoms with Gasteiger partial charge in [-0.25, -0.2) is 13.2 Å². The van der Waals surface area contributed by atoms with Crippen LogP contribution in [0.4, 0.5) is 22.0 Å². The van der Waals surface area contributed by atoms with Gasteiger partial charge >= 0.3 is 29.6 Å². The van der Waals surface area contributed by atoms with Gasteiger partial charge in [-0.05, 0) is 0 Å². The van der Waals surface area contributed by atoms with Crippen LogP contribution in [0.15, 0.2) is 0 Å². The Hall–Kier alpha value is -0.130. The monoisotopic (exact) mass is 190 g/mol. The molecule has 0 unspecified atom stereocenters. The summed E-state index contributed by atoms with van der Waals surface area (Å²) in [4.78, 5) is 0. The molecule has 0 fully saturated rings. The van der Waals surface area contributed by atoms with Gasteiger partial charge in [0.05, 0.1) is 29.1 Å². The van der Waals surface area contributed by atoms with Gasteiger partial charge in [0, 0.05) is 0 Å². The Morgan fingerprint density at radius 1 is 0.667 bits per heavy atom. The Kier molecular flexibility index (Phi) is 4.16. The van der Waals surface area contributed by atoms with Crippen molar-refractivity contribution < 1.29 is 51.5 Å². The third-order valence-corrected chi connectivity index (χ3v) is 0.990. The van der Waals surface area contributed by atoms with Crippen molar-refractivity contribution in [3.05, 3.63) is 35.2 Å². The minimum absolute atomic E-state index is 0. The smallest absolute Gasteiger partial charge is 0.278 e. The first-order chi connectivity index (χ1) is 5.04. The molecule has 0 aliphatic carbocycles. The molecule has 6 heteroatoms. The first kappa shape index (κ1) is 11.9. The Morgan fingerprint density at radius 2 is 1.00 bits per heavy atom. The molecule has 1 aromatic carbocycles. The quantitative estimate of drug-likeness (QED) is 0.165. The Morgan fingerprint density at radius 3 is 1.33 bits per heavy atom. The van der Waals surface area contributed by atoms with E-state index in [0.717, 1.165) is 6.07 Å². The molecule has 0 bridgehead atoms. The van der Waals surface area contributed by atoms with E-state index in [1.807, 2.05) is 0 Å². The second kappa shape index (κ2) is 4.20. The van der Waals surface area contributed by atoms with Crippen molar-refractivity contribution in [2.45, 2.75) is 0 Å². The van der Waals surface area contributed by atoms with Crippen molar-refractivity contribution >= 4 is 0 Å². The molecule has 0 radical (unpaired) electrons. The summed E-state index contributed by atoms with van der Waals surface area (Å²) < 4.78 is 59.9. The van der Waals surface area contributed by atoms with Crippen LogP contribution < -0.4 is 29.6 Å². The second-order valence-electron chi connectivity index (χ2n) is 1.69. The zero-order valence-electron chi connectivity index (χ0n) is 5.89. The Balaban J connectivity index is 0.00000121. The van der Waals surface area contributed by atoms with E-state index in [1.54, 1.807) is 0 Å². The van der Waals surface area contributed by atoms with Gasteiger partial charge in [-0.3, -0.25) is 8.78 Å². The zero-order chi connectivity index (χ0) is 8.59. The number of hydrogen-bond donors (Lipinski definition) is 0. The van der Waals surface area contributed by atoms with Crippen molar-refractivity contribution in [1.29, 1.82) is 0 Å². The molecule has 0 saturated carbocycles. The molecule has 1 rings (SSSR count). The zero-order valence-corrected chi connectivity index (χ0v) is 7.89. The summed E-state index contributed by atoms with van der Waals surface area (Å²) in [5.41, 5.74) is 0. The molecule has 0 amide bonds. The molecule has 0 nitrogen and oxygen atoms in total. The van der Waals surface area contributed by atoms with Crippen molar-refractivity contribution in [2.75, 3.05) is 0 Å². The van der Waals surface area contributed by atoms with Gasteiger partial charge in [0.15, 0.2) is 0 Å². The summed E-state index contributed by atoms with van der Waals surface area (Å²) in [5.74, 6) is -10.0. The van der Waals surface area contributed by atoms with Crippen LogP contribution in [0.3, 0.4) is 0 Å². The van der Waals surface area contributed by atoms with Crippen LogP contribution in [0, 0.1) is 35.2 Å². The molecular weight excluding hydrogens is 190 g/mol. The predicted octanol–water partition coefficient (Wildman–Crippen LogP) is -0.814. The molecule has 0 atom stereocenters. The molecule has 0 spiro atoms. The van der Waals surface area contributed by atoms with Crippen LogP contribution in [-0.4, -0.2) is 0 Å². The van der Waals surface area contributed by atoms with Crippen LogP contribution in [0.2, 0.25) is 0 Å². The van der Waals surface area contributed by atoms with E-state index in [2.05, 4.69) is 0 Å². The Labute approximate surface area is 86.7 Å². The van der Waals surface area contributed by atoms with Gasteiger partial charge in [-0.15, -0.1) is 6.07 Å². The maximum atomic E-state index is 12.0. The molecule has 0 N–H and O–H groups in total. The SMILES string of the molecule is Fc1[c-]c(F)c(F)c(F)c1F.[Na+]. The maximum absolute atomic E-state index is 12.0. The van der Waals surface area contributed by atoms with Gasteiger partial charge in [-0.1, -0.05) is 0 Å². The summed E-state index contributed by atoms with van der Waals surface area (Å²) in [5, 5.41) is 0. The standard InChI is InChI=1S/C6F5.Na/c7-2-1-3(8)5(10)6(11)4(2)9;/q-1;+1. The Bertz CT molecular complexity index is 272. The fourth-order valence-corrected chi connectivity index (χ4v) is 0.495. The summed E-state index contributed by atoms with van der Waals surface area (Å²) in [7, 11) is 0. The van der Waals surface area contributed by atoms with E-state index in [0.29, 0.717) is 0 Å². The average Bonchev–Trinajstić information content (AvgIpc) is 1.97. The van der Waals surface area contributed by atoms with Gasteiger partial charge in [0.2, 0.25) is 0 Å². The first-order valence-electron chi connectivity index (χ1n) is 2.44. The van der Waals surface area contributed by atoms with Crippen molar-refractivity contribution in [1.82, 2.24) is 0 Å². The molecule has 1 aromatic rings. The number of halogens is 5. The van der Waals surface area contributed by atoms with Gasteiger partial charge in [0.1, 0.15) is 0 Å². The molecular formula is C6F5Na. The summed E-state index contributed by atoms with van der Waals surface area (Å²) in [6.07, 6.45) is 0. The molecule has 0 saturated heterocycles. The second-order valence-corrected chi connectivity index (χ2v) is 1.69. The van der Waals surface area contributed by atoms with Gasteiger partial charge in [0.25, 0.3) is 0 Å². The minimum Gasteiger partial charge on any atom is -0.278 e. The van der Waals surface area contributed by atoms with Gasteiger partial charge < -0.3 is 0 Å². The van der Waals surface area contributed by atoms with Crippen LogP contribution >= 0.6 is 0 Å². The van der Waals surface area contributed by atoms with E-state index >= 15 is 0 Å². The minimum atomic E-state index is -2.17.